The van der Waals surface area contributed by atoms with Gasteiger partial charge in [0.25, 0.3) is 0 Å². The number of carbonyl (C=O) groups is 3. The van der Waals surface area contributed by atoms with Crippen molar-refractivity contribution in [2.24, 2.45) is 40.4 Å². The molecule has 4 aliphatic rings. The molecule has 0 amide bonds. The van der Waals surface area contributed by atoms with Crippen molar-refractivity contribution >= 4 is 29.1 Å². The second-order valence-corrected chi connectivity index (χ2v) is 11.5. The fourth-order valence-corrected chi connectivity index (χ4v) is 8.54. The molecule has 178 valence electrons. The average Bonchev–Trinajstić information content (AvgIpc) is 2.94. The maximum atomic E-state index is 15.6. The third-order valence-electron chi connectivity index (χ3n) is 9.94. The molecule has 1 unspecified atom stereocenters. The van der Waals surface area contributed by atoms with Gasteiger partial charge in [0.15, 0.2) is 11.6 Å². The minimum Gasteiger partial charge on any atom is -0.481 e. The Kier molecular flexibility index (Phi) is 5.89. The first-order valence-electron chi connectivity index (χ1n) is 11.8. The van der Waals surface area contributed by atoms with E-state index in [1.165, 1.54) is 6.08 Å². The number of ketones is 2. The molecule has 3 saturated carbocycles. The summed E-state index contributed by atoms with van der Waals surface area (Å²) in [7, 11) is 0. The third-order valence-corrected chi connectivity index (χ3v) is 10.2. The summed E-state index contributed by atoms with van der Waals surface area (Å²) in [6.45, 7) is 5.91. The van der Waals surface area contributed by atoms with E-state index in [9.17, 15) is 19.5 Å². The van der Waals surface area contributed by atoms with Crippen LogP contribution in [0.4, 0.5) is 4.39 Å². The van der Waals surface area contributed by atoms with Crippen LogP contribution in [0.2, 0.25) is 0 Å². The normalized spacial score (nSPS) is 47.8. The van der Waals surface area contributed by atoms with Crippen LogP contribution in [0.1, 0.15) is 65.7 Å². The average molecular weight is 469 g/mol. The smallest absolute Gasteiger partial charge is 0.303 e. The number of rotatable bonds is 5. The highest BCUT2D eigenvalue weighted by Gasteiger charge is 2.69. The molecule has 0 radical (unpaired) electrons. The standard InChI is InChI=1S/C25H34ClFO5/c1-13-8-17-15-9-19(27)18-10-20(28)14(4-5-22(30)31)11-23(18,2)16(15)6-7-24(17,3)25(13,32)21(29)12-26/h10,13-17,19,32H,4-9,11-12H2,1-3H3,(H,30,31)/t13-,14?,15-,16+,17+,19+,23-,24+,25+/m1/s1. The molecule has 0 bridgehead atoms. The zero-order valence-electron chi connectivity index (χ0n) is 19.1. The highest BCUT2D eigenvalue weighted by atomic mass is 35.5. The molecule has 0 spiro atoms. The van der Waals surface area contributed by atoms with Crippen LogP contribution in [0.5, 0.6) is 0 Å². The monoisotopic (exact) mass is 468 g/mol. The van der Waals surface area contributed by atoms with Gasteiger partial charge in [0.05, 0.1) is 5.88 Å². The summed E-state index contributed by atoms with van der Waals surface area (Å²) in [4.78, 5) is 36.5. The topological polar surface area (TPSA) is 91.7 Å². The number of carboxylic acid groups (broad SMARTS) is 1. The molecule has 4 aliphatic carbocycles. The Labute approximate surface area is 193 Å². The lowest BCUT2D eigenvalue weighted by molar-refractivity contribution is -0.167. The van der Waals surface area contributed by atoms with Crippen LogP contribution in [0.25, 0.3) is 0 Å². The summed E-state index contributed by atoms with van der Waals surface area (Å²) in [6, 6.07) is 0. The third kappa shape index (κ3) is 3.15. The van der Waals surface area contributed by atoms with Gasteiger partial charge >= 0.3 is 5.97 Å². The largest absolute Gasteiger partial charge is 0.481 e. The molecule has 5 nitrogen and oxygen atoms in total. The van der Waals surface area contributed by atoms with Crippen molar-refractivity contribution in [3.63, 3.8) is 0 Å². The quantitative estimate of drug-likeness (QED) is 0.585. The molecule has 0 aromatic rings. The Bertz CT molecular complexity index is 872. The Morgan fingerprint density at radius 3 is 2.56 bits per heavy atom. The molecule has 0 aliphatic heterocycles. The van der Waals surface area contributed by atoms with Crippen LogP contribution in [0, 0.1) is 40.4 Å². The lowest BCUT2D eigenvalue weighted by atomic mass is 9.45. The summed E-state index contributed by atoms with van der Waals surface area (Å²) in [5.74, 6) is -2.18. The maximum absolute atomic E-state index is 15.6. The van der Waals surface area contributed by atoms with Gasteiger partial charge in [-0.05, 0) is 79.3 Å². The number of carboxylic acids is 1. The Morgan fingerprint density at radius 1 is 1.25 bits per heavy atom. The molecular formula is C25H34ClFO5. The highest BCUT2D eigenvalue weighted by Crippen LogP contribution is 2.69. The van der Waals surface area contributed by atoms with Crippen molar-refractivity contribution in [3.05, 3.63) is 11.6 Å². The van der Waals surface area contributed by atoms with Gasteiger partial charge in [0, 0.05) is 17.8 Å². The van der Waals surface area contributed by atoms with Crippen molar-refractivity contribution in [2.45, 2.75) is 77.5 Å². The number of allylic oxidation sites excluding steroid dienone is 1. The molecular weight excluding hydrogens is 435 g/mol. The van der Waals surface area contributed by atoms with E-state index in [1.807, 2.05) is 20.8 Å². The van der Waals surface area contributed by atoms with Crippen molar-refractivity contribution in [1.82, 2.24) is 0 Å². The van der Waals surface area contributed by atoms with Gasteiger partial charge < -0.3 is 10.2 Å². The number of alkyl halides is 2. The molecule has 0 aromatic carbocycles. The van der Waals surface area contributed by atoms with Crippen molar-refractivity contribution in [1.29, 1.82) is 0 Å². The summed E-state index contributed by atoms with van der Waals surface area (Å²) in [5, 5.41) is 20.7. The SMILES string of the molecule is C[C@@H]1C[C@H]2[C@@H]3C[C@H](F)C4=CC(=O)C(CCC(=O)O)C[C@]4(C)[C@H]3CC[C@]2(C)[C@@]1(O)C(=O)CCl. The number of aliphatic hydroxyl groups is 1. The summed E-state index contributed by atoms with van der Waals surface area (Å²) in [5.41, 5.74) is -2.09. The van der Waals surface area contributed by atoms with E-state index in [4.69, 9.17) is 16.7 Å². The minimum absolute atomic E-state index is 0.000129. The second-order valence-electron chi connectivity index (χ2n) is 11.2. The number of aliphatic carboxylic acids is 1. The molecule has 3 fully saturated rings. The van der Waals surface area contributed by atoms with E-state index in [2.05, 4.69) is 0 Å². The molecule has 0 saturated heterocycles. The van der Waals surface area contributed by atoms with Crippen LogP contribution >= 0.6 is 11.6 Å². The first-order chi connectivity index (χ1) is 14.9. The first kappa shape index (κ1) is 23.9. The number of carbonyl (C=O) groups excluding carboxylic acids is 2. The second kappa shape index (κ2) is 7.90. The van der Waals surface area contributed by atoms with Gasteiger partial charge in [-0.2, -0.15) is 0 Å². The minimum atomic E-state index is -1.50. The van der Waals surface area contributed by atoms with Gasteiger partial charge in [-0.25, -0.2) is 4.39 Å². The van der Waals surface area contributed by atoms with E-state index in [1.54, 1.807) is 0 Å². The summed E-state index contributed by atoms with van der Waals surface area (Å²) in [6.07, 6.45) is 3.24. The molecule has 0 aromatic heterocycles. The van der Waals surface area contributed by atoms with Crippen LogP contribution in [0.3, 0.4) is 0 Å². The van der Waals surface area contributed by atoms with Crippen molar-refractivity contribution in [2.75, 3.05) is 5.88 Å². The number of Topliss-reactive ketones (excluding diaryl/α,β-unsaturated/α-hetero) is 1. The zero-order valence-corrected chi connectivity index (χ0v) is 19.8. The molecule has 32 heavy (non-hydrogen) atoms. The molecule has 0 heterocycles. The number of halogens is 2. The van der Waals surface area contributed by atoms with Crippen LogP contribution in [-0.2, 0) is 14.4 Å². The Balaban J connectivity index is 1.69. The van der Waals surface area contributed by atoms with Crippen LogP contribution < -0.4 is 0 Å². The van der Waals surface area contributed by atoms with Crippen molar-refractivity contribution in [3.8, 4) is 0 Å². The number of hydrogen-bond acceptors (Lipinski definition) is 4. The van der Waals surface area contributed by atoms with Gasteiger partial charge in [-0.1, -0.05) is 20.8 Å². The van der Waals surface area contributed by atoms with Crippen molar-refractivity contribution < 1.29 is 29.0 Å². The van der Waals surface area contributed by atoms with Crippen LogP contribution in [0.15, 0.2) is 11.6 Å². The summed E-state index contributed by atoms with van der Waals surface area (Å²) >= 11 is 5.88. The lowest BCUT2D eigenvalue weighted by Crippen LogP contribution is -2.60. The van der Waals surface area contributed by atoms with E-state index in [0.29, 0.717) is 31.3 Å². The van der Waals surface area contributed by atoms with Gasteiger partial charge in [0.1, 0.15) is 11.8 Å². The fraction of sp³-hybridized carbons (Fsp3) is 0.800. The highest BCUT2D eigenvalue weighted by molar-refractivity contribution is 6.29. The number of fused-ring (bicyclic) bond motifs is 5. The lowest BCUT2D eigenvalue weighted by Gasteiger charge is -2.60. The Morgan fingerprint density at radius 2 is 1.94 bits per heavy atom. The van der Waals surface area contributed by atoms with E-state index >= 15 is 4.39 Å². The molecule has 9 atom stereocenters. The first-order valence-corrected chi connectivity index (χ1v) is 12.4. The Hall–Kier alpha value is -1.27. The molecule has 2 N–H and O–H groups in total. The summed E-state index contributed by atoms with van der Waals surface area (Å²) < 4.78 is 15.6. The predicted molar refractivity (Wildman–Crippen MR) is 118 cm³/mol. The van der Waals surface area contributed by atoms with Gasteiger partial charge in [-0.3, -0.25) is 14.4 Å². The molecule has 7 heteroatoms. The molecule has 4 rings (SSSR count). The fourth-order valence-electron chi connectivity index (χ4n) is 8.33. The van der Waals surface area contributed by atoms with E-state index < -0.39 is 34.5 Å². The van der Waals surface area contributed by atoms with Crippen LogP contribution in [-0.4, -0.2) is 45.4 Å². The van der Waals surface area contributed by atoms with E-state index in [0.717, 1.165) is 6.42 Å². The van der Waals surface area contributed by atoms with E-state index in [-0.39, 0.29) is 54.0 Å². The predicted octanol–water partition coefficient (Wildman–Crippen LogP) is 4.34. The zero-order chi connectivity index (χ0) is 23.6. The maximum Gasteiger partial charge on any atom is 0.303 e. The van der Waals surface area contributed by atoms with Gasteiger partial charge in [0.2, 0.25) is 0 Å². The number of hydrogen-bond donors (Lipinski definition) is 2. The van der Waals surface area contributed by atoms with Gasteiger partial charge in [-0.15, -0.1) is 11.6 Å².